The summed E-state index contributed by atoms with van der Waals surface area (Å²) in [6.45, 7) is 5.68. The maximum absolute atomic E-state index is 11.6. The number of rotatable bonds is 6. The average Bonchev–Trinajstić information content (AvgIpc) is 3.40. The second-order valence-electron chi connectivity index (χ2n) is 7.33. The van der Waals surface area contributed by atoms with Crippen molar-refractivity contribution in [2.45, 2.75) is 31.7 Å². The largest absolute Gasteiger partial charge is 0.292 e. The van der Waals surface area contributed by atoms with Gasteiger partial charge in [-0.05, 0) is 26.0 Å². The summed E-state index contributed by atoms with van der Waals surface area (Å²) < 4.78 is 2.09. The second kappa shape index (κ2) is 9.03. The minimum absolute atomic E-state index is 0.0320. The normalized spacial score (nSPS) is 11.0. The van der Waals surface area contributed by atoms with Crippen LogP contribution in [0.25, 0.3) is 17.1 Å². The molecule has 0 atom stereocenters. The molecule has 4 rings (SSSR count). The lowest BCUT2D eigenvalue weighted by molar-refractivity contribution is -0.116. The summed E-state index contributed by atoms with van der Waals surface area (Å²) in [5.41, 5.74) is 5.35. The molecule has 0 saturated heterocycles. The van der Waals surface area contributed by atoms with E-state index in [1.165, 1.54) is 29.4 Å². The van der Waals surface area contributed by atoms with Gasteiger partial charge in [0.1, 0.15) is 0 Å². The first-order valence-electron chi connectivity index (χ1n) is 9.83. The SMILES string of the molecule is CC(=O)N(C)c1nc(CSc2nnc(-c3ccc(C)cc3)n2-c2ccc(C)cc2)cs1. The van der Waals surface area contributed by atoms with Crippen molar-refractivity contribution in [3.8, 4) is 17.1 Å². The molecule has 2 heterocycles. The molecule has 0 N–H and O–H groups in total. The van der Waals surface area contributed by atoms with Crippen LogP contribution in [0.3, 0.4) is 0 Å². The second-order valence-corrected chi connectivity index (χ2v) is 9.11. The highest BCUT2D eigenvalue weighted by Gasteiger charge is 2.17. The van der Waals surface area contributed by atoms with Crippen molar-refractivity contribution >= 4 is 34.1 Å². The van der Waals surface area contributed by atoms with Crippen LogP contribution < -0.4 is 4.90 Å². The molecule has 2 aromatic heterocycles. The van der Waals surface area contributed by atoms with Crippen LogP contribution in [0.2, 0.25) is 0 Å². The van der Waals surface area contributed by atoms with E-state index < -0.39 is 0 Å². The standard InChI is InChI=1S/C23H23N5OS2/c1-15-5-9-18(10-6-15)21-25-26-23(28(21)20-11-7-16(2)8-12-20)31-14-19-13-30-22(24-19)27(4)17(3)29/h5-13H,14H2,1-4H3. The van der Waals surface area contributed by atoms with Crippen LogP contribution >= 0.6 is 23.1 Å². The third-order valence-corrected chi connectivity index (χ3v) is 6.81. The number of hydrogen-bond donors (Lipinski definition) is 0. The summed E-state index contributed by atoms with van der Waals surface area (Å²) in [4.78, 5) is 17.7. The van der Waals surface area contributed by atoms with Gasteiger partial charge in [-0.25, -0.2) is 4.98 Å². The van der Waals surface area contributed by atoms with E-state index in [0.717, 1.165) is 27.9 Å². The van der Waals surface area contributed by atoms with Gasteiger partial charge >= 0.3 is 0 Å². The van der Waals surface area contributed by atoms with Crippen molar-refractivity contribution in [1.82, 2.24) is 19.7 Å². The van der Waals surface area contributed by atoms with E-state index in [1.54, 1.807) is 23.7 Å². The zero-order valence-electron chi connectivity index (χ0n) is 17.9. The van der Waals surface area contributed by atoms with Gasteiger partial charge in [0.2, 0.25) is 5.91 Å². The Morgan fingerprint density at radius 2 is 1.68 bits per heavy atom. The van der Waals surface area contributed by atoms with Gasteiger partial charge in [-0.1, -0.05) is 59.3 Å². The average molecular weight is 450 g/mol. The minimum atomic E-state index is -0.0320. The fraction of sp³-hybridized carbons (Fsp3) is 0.217. The molecule has 31 heavy (non-hydrogen) atoms. The van der Waals surface area contributed by atoms with Gasteiger partial charge in [-0.2, -0.15) is 0 Å². The van der Waals surface area contributed by atoms with E-state index >= 15 is 0 Å². The summed E-state index contributed by atoms with van der Waals surface area (Å²) in [5.74, 6) is 1.41. The van der Waals surface area contributed by atoms with Crippen LogP contribution in [0.5, 0.6) is 0 Å². The zero-order chi connectivity index (χ0) is 22.0. The van der Waals surface area contributed by atoms with E-state index in [1.807, 2.05) is 5.38 Å². The van der Waals surface area contributed by atoms with Gasteiger partial charge in [-0.3, -0.25) is 14.3 Å². The number of benzene rings is 2. The third-order valence-electron chi connectivity index (χ3n) is 4.88. The number of aromatic nitrogens is 4. The van der Waals surface area contributed by atoms with Gasteiger partial charge in [0, 0.05) is 36.4 Å². The Bertz CT molecular complexity index is 1200. The maximum atomic E-state index is 11.6. The molecule has 4 aromatic rings. The lowest BCUT2D eigenvalue weighted by Crippen LogP contribution is -2.22. The number of thiazole rings is 1. The van der Waals surface area contributed by atoms with Crippen LogP contribution in [0.1, 0.15) is 23.7 Å². The number of aryl methyl sites for hydroxylation is 2. The molecule has 0 saturated carbocycles. The summed E-state index contributed by atoms with van der Waals surface area (Å²) in [5, 5.41) is 12.5. The minimum Gasteiger partial charge on any atom is -0.292 e. The Morgan fingerprint density at radius 3 is 2.32 bits per heavy atom. The van der Waals surface area contributed by atoms with Crippen LogP contribution in [-0.2, 0) is 10.5 Å². The lowest BCUT2D eigenvalue weighted by Gasteiger charge is -2.11. The van der Waals surface area contributed by atoms with E-state index in [2.05, 4.69) is 82.1 Å². The predicted molar refractivity (Wildman–Crippen MR) is 127 cm³/mol. The Balaban J connectivity index is 1.65. The van der Waals surface area contributed by atoms with Crippen LogP contribution in [0.15, 0.2) is 59.1 Å². The third kappa shape index (κ3) is 4.70. The van der Waals surface area contributed by atoms with Crippen molar-refractivity contribution in [3.63, 3.8) is 0 Å². The van der Waals surface area contributed by atoms with Gasteiger partial charge in [0.15, 0.2) is 16.1 Å². The molecule has 0 aliphatic carbocycles. The van der Waals surface area contributed by atoms with Gasteiger partial charge in [0.25, 0.3) is 0 Å². The molecule has 0 radical (unpaired) electrons. The molecule has 0 spiro atoms. The molecule has 1 amide bonds. The van der Waals surface area contributed by atoms with E-state index in [9.17, 15) is 4.79 Å². The number of carbonyl (C=O) groups excluding carboxylic acids is 1. The first-order chi connectivity index (χ1) is 14.9. The maximum Gasteiger partial charge on any atom is 0.225 e. The quantitative estimate of drug-likeness (QED) is 0.375. The highest BCUT2D eigenvalue weighted by Crippen LogP contribution is 2.31. The first kappa shape index (κ1) is 21.3. The monoisotopic (exact) mass is 449 g/mol. The zero-order valence-corrected chi connectivity index (χ0v) is 19.5. The molecule has 8 heteroatoms. The van der Waals surface area contributed by atoms with E-state index in [-0.39, 0.29) is 5.91 Å². The summed E-state index contributed by atoms with van der Waals surface area (Å²) in [6.07, 6.45) is 0. The van der Waals surface area contributed by atoms with Crippen LogP contribution in [-0.4, -0.2) is 32.7 Å². The lowest BCUT2D eigenvalue weighted by atomic mass is 10.1. The fourth-order valence-electron chi connectivity index (χ4n) is 2.97. The topological polar surface area (TPSA) is 63.9 Å². The fourth-order valence-corrected chi connectivity index (χ4v) is 4.75. The Labute approximate surface area is 190 Å². The Kier molecular flexibility index (Phi) is 6.20. The molecule has 0 aliphatic rings. The molecule has 158 valence electrons. The van der Waals surface area contributed by atoms with Gasteiger partial charge in [0.05, 0.1) is 5.69 Å². The summed E-state index contributed by atoms with van der Waals surface area (Å²) in [6, 6.07) is 16.7. The van der Waals surface area contributed by atoms with E-state index in [0.29, 0.717) is 10.9 Å². The molecular weight excluding hydrogens is 426 g/mol. The molecule has 0 bridgehead atoms. The van der Waals surface area contributed by atoms with Crippen molar-refractivity contribution in [2.75, 3.05) is 11.9 Å². The van der Waals surface area contributed by atoms with Crippen molar-refractivity contribution < 1.29 is 4.79 Å². The molecular formula is C23H23N5OS2. The van der Waals surface area contributed by atoms with Crippen LogP contribution in [0.4, 0.5) is 5.13 Å². The molecule has 0 fully saturated rings. The van der Waals surface area contributed by atoms with E-state index in [4.69, 9.17) is 0 Å². The number of nitrogens with zero attached hydrogens (tertiary/aromatic N) is 5. The molecule has 0 aliphatic heterocycles. The molecule has 2 aromatic carbocycles. The molecule has 6 nitrogen and oxygen atoms in total. The Morgan fingerprint density at radius 1 is 1.03 bits per heavy atom. The van der Waals surface area contributed by atoms with Crippen molar-refractivity contribution in [1.29, 1.82) is 0 Å². The van der Waals surface area contributed by atoms with Crippen molar-refractivity contribution in [2.24, 2.45) is 0 Å². The number of anilines is 1. The van der Waals surface area contributed by atoms with Gasteiger partial charge in [-0.15, -0.1) is 21.5 Å². The van der Waals surface area contributed by atoms with Gasteiger partial charge < -0.3 is 0 Å². The highest BCUT2D eigenvalue weighted by atomic mass is 32.2. The summed E-state index contributed by atoms with van der Waals surface area (Å²) >= 11 is 3.05. The van der Waals surface area contributed by atoms with Crippen LogP contribution in [0, 0.1) is 13.8 Å². The number of carbonyl (C=O) groups is 1. The number of thioether (sulfide) groups is 1. The smallest absolute Gasteiger partial charge is 0.225 e. The predicted octanol–water partition coefficient (Wildman–Crippen LogP) is 5.28. The summed E-state index contributed by atoms with van der Waals surface area (Å²) in [7, 11) is 1.74. The number of hydrogen-bond acceptors (Lipinski definition) is 6. The van der Waals surface area contributed by atoms with Crippen molar-refractivity contribution in [3.05, 3.63) is 70.7 Å². The number of amides is 1. The highest BCUT2D eigenvalue weighted by molar-refractivity contribution is 7.98. The Hall–Kier alpha value is -2.97. The first-order valence-corrected chi connectivity index (χ1v) is 11.7. The molecule has 0 unspecified atom stereocenters.